The molecular weight excluding hydrogens is 302 g/mol. The standard InChI is InChI=1S/C18H15N5O/c19-7-11-8-21-23-6-5-14(18(24)16(11)23)17-13-4-2-1-3-12(13)15-9-20-10-22(15)17/h1-4,8-10,14,17-18,24H,5-6H2/t14?,17-,18+/m0/s1. The normalized spacial score (nSPS) is 24.1. The van der Waals surface area contributed by atoms with Crippen LogP contribution in [0.15, 0.2) is 43.0 Å². The van der Waals surface area contributed by atoms with Gasteiger partial charge < -0.3 is 9.67 Å². The highest BCUT2D eigenvalue weighted by molar-refractivity contribution is 5.69. The average Bonchev–Trinajstić information content (AvgIpc) is 3.29. The zero-order valence-electron chi connectivity index (χ0n) is 12.9. The van der Waals surface area contributed by atoms with Crippen LogP contribution in [0.25, 0.3) is 11.3 Å². The molecule has 0 spiro atoms. The molecule has 0 radical (unpaired) electrons. The van der Waals surface area contributed by atoms with Gasteiger partial charge in [-0.1, -0.05) is 24.3 Å². The Kier molecular flexibility index (Phi) is 2.70. The fourth-order valence-corrected chi connectivity index (χ4v) is 4.24. The van der Waals surface area contributed by atoms with Crippen LogP contribution >= 0.6 is 0 Å². The van der Waals surface area contributed by atoms with Crippen molar-refractivity contribution in [3.63, 3.8) is 0 Å². The highest BCUT2D eigenvalue weighted by atomic mass is 16.3. The van der Waals surface area contributed by atoms with E-state index in [2.05, 4.69) is 32.9 Å². The van der Waals surface area contributed by atoms with Crippen molar-refractivity contribution in [2.45, 2.75) is 25.1 Å². The van der Waals surface area contributed by atoms with Crippen molar-refractivity contribution in [2.24, 2.45) is 5.92 Å². The van der Waals surface area contributed by atoms with E-state index < -0.39 is 6.10 Å². The lowest BCUT2D eigenvalue weighted by molar-refractivity contribution is 0.0523. The second kappa shape index (κ2) is 4.79. The van der Waals surface area contributed by atoms with E-state index in [-0.39, 0.29) is 12.0 Å². The molecule has 118 valence electrons. The number of imidazole rings is 1. The summed E-state index contributed by atoms with van der Waals surface area (Å²) >= 11 is 0. The quantitative estimate of drug-likeness (QED) is 0.746. The molecule has 3 aromatic rings. The predicted octanol–water partition coefficient (Wildman–Crippen LogP) is 2.27. The van der Waals surface area contributed by atoms with E-state index >= 15 is 0 Å². The van der Waals surface area contributed by atoms with Crippen LogP contribution in [0.2, 0.25) is 0 Å². The molecule has 1 aromatic carbocycles. The fourth-order valence-electron chi connectivity index (χ4n) is 4.24. The third-order valence-corrected chi connectivity index (χ3v) is 5.29. The lowest BCUT2D eigenvalue weighted by Crippen LogP contribution is -2.31. The van der Waals surface area contributed by atoms with Crippen LogP contribution in [-0.2, 0) is 6.54 Å². The summed E-state index contributed by atoms with van der Waals surface area (Å²) in [4.78, 5) is 4.29. The maximum absolute atomic E-state index is 11.0. The zero-order chi connectivity index (χ0) is 16.3. The first-order valence-corrected chi connectivity index (χ1v) is 8.04. The van der Waals surface area contributed by atoms with Crippen LogP contribution < -0.4 is 0 Å². The molecule has 0 fully saturated rings. The summed E-state index contributed by atoms with van der Waals surface area (Å²) in [5, 5.41) is 24.6. The molecule has 6 heteroatoms. The Morgan fingerprint density at radius 1 is 1.25 bits per heavy atom. The number of benzene rings is 1. The largest absolute Gasteiger partial charge is 0.386 e. The highest BCUT2D eigenvalue weighted by Gasteiger charge is 2.41. The number of hydrogen-bond donors (Lipinski definition) is 1. The number of fused-ring (bicyclic) bond motifs is 4. The first-order chi connectivity index (χ1) is 11.8. The van der Waals surface area contributed by atoms with Gasteiger partial charge in [0.1, 0.15) is 12.2 Å². The van der Waals surface area contributed by atoms with Crippen LogP contribution in [-0.4, -0.2) is 24.4 Å². The molecule has 24 heavy (non-hydrogen) atoms. The van der Waals surface area contributed by atoms with Crippen molar-refractivity contribution >= 4 is 0 Å². The van der Waals surface area contributed by atoms with Crippen molar-refractivity contribution < 1.29 is 5.11 Å². The summed E-state index contributed by atoms with van der Waals surface area (Å²) in [6, 6.07) is 10.5. The average molecular weight is 317 g/mol. The third kappa shape index (κ3) is 1.62. The summed E-state index contributed by atoms with van der Waals surface area (Å²) in [7, 11) is 0. The topological polar surface area (TPSA) is 79.7 Å². The number of rotatable bonds is 1. The van der Waals surface area contributed by atoms with Crippen LogP contribution in [0.4, 0.5) is 0 Å². The Labute approximate surface area is 138 Å². The number of aromatic nitrogens is 4. The van der Waals surface area contributed by atoms with Gasteiger partial charge in [0.05, 0.1) is 41.7 Å². The number of nitriles is 1. The van der Waals surface area contributed by atoms with Gasteiger partial charge in [-0.2, -0.15) is 10.4 Å². The number of hydrogen-bond acceptors (Lipinski definition) is 4. The van der Waals surface area contributed by atoms with Gasteiger partial charge in [0.25, 0.3) is 0 Å². The highest BCUT2D eigenvalue weighted by Crippen LogP contribution is 2.49. The molecule has 1 N–H and O–H groups in total. The molecule has 0 aliphatic carbocycles. The molecule has 0 saturated carbocycles. The minimum absolute atomic E-state index is 0.0158. The molecule has 6 nitrogen and oxygen atoms in total. The molecule has 5 rings (SSSR count). The van der Waals surface area contributed by atoms with Crippen LogP contribution in [0, 0.1) is 17.2 Å². The van der Waals surface area contributed by atoms with Gasteiger partial charge in [0.15, 0.2) is 0 Å². The minimum atomic E-state index is -0.720. The van der Waals surface area contributed by atoms with E-state index in [9.17, 15) is 10.4 Å². The van der Waals surface area contributed by atoms with Crippen molar-refractivity contribution in [2.75, 3.05) is 0 Å². The molecule has 2 aliphatic heterocycles. The second-order valence-corrected chi connectivity index (χ2v) is 6.39. The first kappa shape index (κ1) is 13.5. The lowest BCUT2D eigenvalue weighted by Gasteiger charge is -2.34. The van der Waals surface area contributed by atoms with E-state index in [1.807, 2.05) is 24.7 Å². The maximum Gasteiger partial charge on any atom is 0.103 e. The molecule has 4 heterocycles. The van der Waals surface area contributed by atoms with Gasteiger partial charge in [0.2, 0.25) is 0 Å². The van der Waals surface area contributed by atoms with E-state index in [0.717, 1.165) is 12.1 Å². The Hall–Kier alpha value is -2.91. The van der Waals surface area contributed by atoms with E-state index in [1.54, 1.807) is 10.9 Å². The smallest absolute Gasteiger partial charge is 0.103 e. The van der Waals surface area contributed by atoms with Crippen molar-refractivity contribution in [1.29, 1.82) is 5.26 Å². The van der Waals surface area contributed by atoms with Crippen LogP contribution in [0.1, 0.15) is 35.4 Å². The van der Waals surface area contributed by atoms with Crippen molar-refractivity contribution in [3.05, 3.63) is 59.8 Å². The summed E-state index contributed by atoms with van der Waals surface area (Å²) in [6.07, 6.45) is 5.34. The van der Waals surface area contributed by atoms with Crippen LogP contribution in [0.3, 0.4) is 0 Å². The summed E-state index contributed by atoms with van der Waals surface area (Å²) in [5.41, 5.74) is 4.57. The Bertz CT molecular complexity index is 979. The zero-order valence-corrected chi connectivity index (χ0v) is 12.9. The number of aliphatic hydroxyl groups excluding tert-OH is 1. The van der Waals surface area contributed by atoms with Crippen molar-refractivity contribution in [3.8, 4) is 17.3 Å². The molecular formula is C18H15N5O. The molecule has 2 aliphatic rings. The first-order valence-electron chi connectivity index (χ1n) is 8.04. The molecule has 0 amide bonds. The Balaban J connectivity index is 1.64. The predicted molar refractivity (Wildman–Crippen MR) is 85.8 cm³/mol. The Morgan fingerprint density at radius 2 is 2.12 bits per heavy atom. The molecule has 1 unspecified atom stereocenters. The fraction of sp³-hybridized carbons (Fsp3) is 0.278. The Morgan fingerprint density at radius 3 is 3.00 bits per heavy atom. The number of aliphatic hydroxyl groups is 1. The maximum atomic E-state index is 11.0. The molecule has 0 bridgehead atoms. The van der Waals surface area contributed by atoms with Gasteiger partial charge in [0, 0.05) is 18.0 Å². The summed E-state index contributed by atoms with van der Waals surface area (Å²) < 4.78 is 3.91. The third-order valence-electron chi connectivity index (χ3n) is 5.29. The van der Waals surface area contributed by atoms with E-state index in [1.165, 1.54) is 11.1 Å². The van der Waals surface area contributed by atoms with Gasteiger partial charge in [-0.25, -0.2) is 4.98 Å². The number of aryl methyl sites for hydroxylation is 1. The molecule has 0 saturated heterocycles. The number of nitrogens with zero attached hydrogens (tertiary/aromatic N) is 5. The van der Waals surface area contributed by atoms with Gasteiger partial charge in [-0.3, -0.25) is 4.68 Å². The van der Waals surface area contributed by atoms with E-state index in [0.29, 0.717) is 17.8 Å². The monoisotopic (exact) mass is 317 g/mol. The van der Waals surface area contributed by atoms with Gasteiger partial charge in [-0.15, -0.1) is 0 Å². The summed E-state index contributed by atoms with van der Waals surface area (Å²) in [5.74, 6) is -0.0158. The lowest BCUT2D eigenvalue weighted by atomic mass is 9.82. The van der Waals surface area contributed by atoms with Gasteiger partial charge in [-0.05, 0) is 12.0 Å². The van der Waals surface area contributed by atoms with E-state index in [4.69, 9.17) is 0 Å². The molecule has 2 aromatic heterocycles. The van der Waals surface area contributed by atoms with Crippen LogP contribution in [0.5, 0.6) is 0 Å². The second-order valence-electron chi connectivity index (χ2n) is 6.39. The van der Waals surface area contributed by atoms with Crippen molar-refractivity contribution in [1.82, 2.24) is 19.3 Å². The summed E-state index contributed by atoms with van der Waals surface area (Å²) in [6.45, 7) is 0.710. The minimum Gasteiger partial charge on any atom is -0.386 e. The molecule has 3 atom stereocenters. The van der Waals surface area contributed by atoms with Gasteiger partial charge >= 0.3 is 0 Å². The SMILES string of the molecule is N#Cc1cnn2c1[C@H](O)C([C@@H]1c3ccccc3-c3cncn31)CC2.